The van der Waals surface area contributed by atoms with Crippen molar-refractivity contribution in [3.63, 3.8) is 0 Å². The first-order valence-corrected chi connectivity index (χ1v) is 10.7. The fraction of sp³-hybridized carbons (Fsp3) is 0. The molecule has 4 rings (SSSR count). The molecule has 1 aromatic heterocycles. The average molecular weight is 511 g/mol. The van der Waals surface area contributed by atoms with E-state index in [0.29, 0.717) is 10.7 Å². The highest BCUT2D eigenvalue weighted by Crippen LogP contribution is 2.30. The molecular weight excluding hydrogens is 495 g/mol. The minimum Gasteiger partial charge on any atom is -0.506 e. The molecule has 3 aromatic carbocycles. The molecule has 0 aliphatic rings. The van der Waals surface area contributed by atoms with Gasteiger partial charge in [0.25, 0.3) is 5.69 Å². The summed E-state index contributed by atoms with van der Waals surface area (Å²) >= 11 is 11.9. The number of nitro groups is 1. The van der Waals surface area contributed by atoms with Gasteiger partial charge in [0.1, 0.15) is 5.75 Å². The number of benzene rings is 3. The van der Waals surface area contributed by atoms with E-state index in [2.05, 4.69) is 36.1 Å². The number of hydrogen-bond donors (Lipinski definition) is 4. The summed E-state index contributed by atoms with van der Waals surface area (Å²) in [6.07, 6.45) is 1.31. The summed E-state index contributed by atoms with van der Waals surface area (Å²) in [5.74, 6) is 0.261. The molecule has 0 atom stereocenters. The molecule has 0 unspecified atom stereocenters. The summed E-state index contributed by atoms with van der Waals surface area (Å²) in [4.78, 5) is 23.3. The molecule has 0 spiro atoms. The van der Waals surface area contributed by atoms with Crippen molar-refractivity contribution < 1.29 is 10.0 Å². The summed E-state index contributed by atoms with van der Waals surface area (Å²) in [6, 6.07) is 17.9. The zero-order valence-corrected chi connectivity index (χ0v) is 19.2. The van der Waals surface area contributed by atoms with E-state index in [1.54, 1.807) is 0 Å². The Bertz CT molecular complexity index is 1390. The third-order valence-corrected chi connectivity index (χ3v) is 4.93. The summed E-state index contributed by atoms with van der Waals surface area (Å²) in [5.41, 5.74) is 4.19. The number of phenolic OH excluding ortho intramolecular Hbond substituents is 1. The number of hydrogen-bond acceptors (Lipinski definition) is 10. The predicted octanol–water partition coefficient (Wildman–Crippen LogP) is 5.73. The number of aromatic hydroxyl groups is 1. The van der Waals surface area contributed by atoms with Gasteiger partial charge in [-0.05, 0) is 36.4 Å². The van der Waals surface area contributed by atoms with Crippen LogP contribution in [0.2, 0.25) is 10.0 Å². The lowest BCUT2D eigenvalue weighted by atomic mass is 10.2. The van der Waals surface area contributed by atoms with Crippen molar-refractivity contribution in [2.75, 3.05) is 16.1 Å². The quantitative estimate of drug-likeness (QED) is 0.132. The van der Waals surface area contributed by atoms with Crippen LogP contribution in [0.3, 0.4) is 0 Å². The van der Waals surface area contributed by atoms with Gasteiger partial charge < -0.3 is 15.7 Å². The smallest absolute Gasteiger partial charge is 0.269 e. The first kappa shape index (κ1) is 23.7. The summed E-state index contributed by atoms with van der Waals surface area (Å²) in [5, 5.41) is 31.5. The van der Waals surface area contributed by atoms with E-state index in [4.69, 9.17) is 23.2 Å². The Morgan fingerprint density at radius 3 is 2.11 bits per heavy atom. The zero-order valence-electron chi connectivity index (χ0n) is 17.7. The number of nitrogens with zero attached hydrogens (tertiary/aromatic N) is 5. The molecule has 35 heavy (non-hydrogen) atoms. The summed E-state index contributed by atoms with van der Waals surface area (Å²) < 4.78 is 0. The van der Waals surface area contributed by atoms with Crippen molar-refractivity contribution >= 4 is 64.3 Å². The van der Waals surface area contributed by atoms with Gasteiger partial charge >= 0.3 is 0 Å². The SMILES string of the molecule is O=[N+]([O-])c1ccc(Nc2nc(NN=Cc3cc(Cl)cc(Cl)c3O)nc(Nc3ccccc3)n2)cc1. The normalized spacial score (nSPS) is 10.8. The molecular formula is C22H16Cl2N8O3. The maximum absolute atomic E-state index is 10.9. The van der Waals surface area contributed by atoms with Gasteiger partial charge in [0, 0.05) is 34.1 Å². The van der Waals surface area contributed by atoms with Gasteiger partial charge in [-0.25, -0.2) is 5.43 Å². The Morgan fingerprint density at radius 2 is 1.49 bits per heavy atom. The lowest BCUT2D eigenvalue weighted by Gasteiger charge is -2.10. The van der Waals surface area contributed by atoms with Gasteiger partial charge in [-0.2, -0.15) is 20.1 Å². The predicted molar refractivity (Wildman–Crippen MR) is 135 cm³/mol. The van der Waals surface area contributed by atoms with E-state index in [1.807, 2.05) is 30.3 Å². The molecule has 4 aromatic rings. The number of para-hydroxylation sites is 1. The van der Waals surface area contributed by atoms with Gasteiger partial charge in [-0.15, -0.1) is 0 Å². The molecule has 0 aliphatic carbocycles. The second-order valence-electron chi connectivity index (χ2n) is 6.92. The van der Waals surface area contributed by atoms with Crippen LogP contribution >= 0.6 is 23.2 Å². The molecule has 0 saturated carbocycles. The van der Waals surface area contributed by atoms with Gasteiger partial charge in [0.05, 0.1) is 16.2 Å². The van der Waals surface area contributed by atoms with Crippen LogP contribution in [0.1, 0.15) is 5.56 Å². The van der Waals surface area contributed by atoms with Gasteiger partial charge in [0.15, 0.2) is 0 Å². The van der Waals surface area contributed by atoms with E-state index >= 15 is 0 Å². The van der Waals surface area contributed by atoms with Crippen LogP contribution < -0.4 is 16.1 Å². The Kier molecular flexibility index (Phi) is 7.19. The molecule has 13 heteroatoms. The second-order valence-corrected chi connectivity index (χ2v) is 7.77. The molecule has 4 N–H and O–H groups in total. The Hall–Kier alpha value is -4.48. The van der Waals surface area contributed by atoms with Gasteiger partial charge in [0.2, 0.25) is 17.8 Å². The average Bonchev–Trinajstić information content (AvgIpc) is 2.83. The Labute approximate surface area is 208 Å². The number of hydrazone groups is 1. The maximum atomic E-state index is 10.9. The van der Waals surface area contributed by atoms with Crippen molar-refractivity contribution in [1.29, 1.82) is 0 Å². The Morgan fingerprint density at radius 1 is 0.886 bits per heavy atom. The summed E-state index contributed by atoms with van der Waals surface area (Å²) in [7, 11) is 0. The highest BCUT2D eigenvalue weighted by molar-refractivity contribution is 6.36. The van der Waals surface area contributed by atoms with Crippen molar-refractivity contribution in [3.8, 4) is 5.75 Å². The van der Waals surface area contributed by atoms with Crippen molar-refractivity contribution in [2.45, 2.75) is 0 Å². The first-order chi connectivity index (χ1) is 16.9. The number of rotatable bonds is 8. The molecule has 0 fully saturated rings. The molecule has 176 valence electrons. The van der Waals surface area contributed by atoms with Crippen LogP contribution in [0, 0.1) is 10.1 Å². The third kappa shape index (κ3) is 6.31. The maximum Gasteiger partial charge on any atom is 0.269 e. The van der Waals surface area contributed by atoms with Crippen LogP contribution in [0.15, 0.2) is 71.8 Å². The number of aromatic nitrogens is 3. The van der Waals surface area contributed by atoms with E-state index in [0.717, 1.165) is 5.69 Å². The number of phenols is 1. The first-order valence-electron chi connectivity index (χ1n) is 9.94. The van der Waals surface area contributed by atoms with Crippen molar-refractivity contribution in [1.82, 2.24) is 15.0 Å². The van der Waals surface area contributed by atoms with E-state index in [9.17, 15) is 15.2 Å². The lowest BCUT2D eigenvalue weighted by Crippen LogP contribution is -2.07. The van der Waals surface area contributed by atoms with E-state index in [1.165, 1.54) is 42.6 Å². The highest BCUT2D eigenvalue weighted by Gasteiger charge is 2.10. The minimum absolute atomic E-state index is 0.0429. The lowest BCUT2D eigenvalue weighted by molar-refractivity contribution is -0.384. The standard InChI is InChI=1S/C22H16Cl2N8O3/c23-14-10-13(19(33)18(24)11-14)12-25-31-22-29-20(26-15-4-2-1-3-5-15)28-21(30-22)27-16-6-8-17(9-7-16)32(34)35/h1-12,33H,(H3,26,27,28,29,30,31). The molecule has 1 heterocycles. The molecule has 0 radical (unpaired) electrons. The second kappa shape index (κ2) is 10.6. The van der Waals surface area contributed by atoms with Crippen LogP contribution in [0.4, 0.5) is 34.9 Å². The number of anilines is 5. The van der Waals surface area contributed by atoms with Gasteiger partial charge in [-0.1, -0.05) is 41.4 Å². The topological polar surface area (TPSA) is 150 Å². The monoisotopic (exact) mass is 510 g/mol. The fourth-order valence-electron chi connectivity index (χ4n) is 2.83. The highest BCUT2D eigenvalue weighted by atomic mass is 35.5. The van der Waals surface area contributed by atoms with Crippen LogP contribution in [0.25, 0.3) is 0 Å². The number of non-ortho nitro benzene ring substituents is 1. The molecule has 0 saturated heterocycles. The van der Waals surface area contributed by atoms with Crippen LogP contribution in [-0.2, 0) is 0 Å². The number of nitrogens with one attached hydrogen (secondary N) is 3. The zero-order chi connectivity index (χ0) is 24.8. The third-order valence-electron chi connectivity index (χ3n) is 4.43. The Balaban J connectivity index is 1.60. The van der Waals surface area contributed by atoms with Crippen LogP contribution in [-0.4, -0.2) is 31.2 Å². The molecule has 11 nitrogen and oxygen atoms in total. The van der Waals surface area contributed by atoms with Crippen molar-refractivity contribution in [3.05, 3.63) is 92.5 Å². The number of halogens is 2. The van der Waals surface area contributed by atoms with Gasteiger partial charge in [-0.3, -0.25) is 10.1 Å². The van der Waals surface area contributed by atoms with E-state index in [-0.39, 0.29) is 39.9 Å². The molecule has 0 bridgehead atoms. The molecule has 0 aliphatic heterocycles. The largest absolute Gasteiger partial charge is 0.506 e. The minimum atomic E-state index is -0.487. The van der Waals surface area contributed by atoms with Crippen molar-refractivity contribution in [2.24, 2.45) is 5.10 Å². The molecule has 0 amide bonds. The number of nitro benzene ring substituents is 1. The summed E-state index contributed by atoms with van der Waals surface area (Å²) in [6.45, 7) is 0. The van der Waals surface area contributed by atoms with Crippen LogP contribution in [0.5, 0.6) is 5.75 Å². The van der Waals surface area contributed by atoms with E-state index < -0.39 is 4.92 Å². The fourth-order valence-corrected chi connectivity index (χ4v) is 3.34.